The molecular weight excluding hydrogens is 404 g/mol. The molecule has 2 N–H and O–H groups in total. The van der Waals surface area contributed by atoms with E-state index >= 15 is 0 Å². The minimum absolute atomic E-state index is 0.164. The van der Waals surface area contributed by atoms with Crippen LogP contribution in [-0.4, -0.2) is 58.0 Å². The molecule has 0 aliphatic carbocycles. The van der Waals surface area contributed by atoms with E-state index in [-0.39, 0.29) is 5.91 Å². The van der Waals surface area contributed by atoms with Crippen LogP contribution < -0.4 is 10.1 Å². The molecule has 2 aromatic heterocycles. The molecule has 0 bridgehead atoms. The van der Waals surface area contributed by atoms with Gasteiger partial charge in [-0.05, 0) is 50.2 Å². The molecule has 0 unspecified atom stereocenters. The maximum absolute atomic E-state index is 12.5. The van der Waals surface area contributed by atoms with Gasteiger partial charge in [0.05, 0.1) is 7.11 Å². The number of H-pyrrole nitrogens is 1. The lowest BCUT2D eigenvalue weighted by Gasteiger charge is -2.30. The lowest BCUT2D eigenvalue weighted by atomic mass is 9.96. The third-order valence-corrected chi connectivity index (χ3v) is 6.00. The Morgan fingerprint density at radius 3 is 2.47 bits per heavy atom. The number of aromatic nitrogens is 4. The number of amides is 1. The molecule has 4 rings (SSSR count). The van der Waals surface area contributed by atoms with Crippen molar-refractivity contribution in [3.05, 3.63) is 59.6 Å². The van der Waals surface area contributed by atoms with Gasteiger partial charge in [-0.2, -0.15) is 0 Å². The number of nitrogens with one attached hydrogen (secondary N) is 2. The Morgan fingerprint density at radius 1 is 1.19 bits per heavy atom. The number of benzene rings is 1. The Morgan fingerprint density at radius 2 is 1.88 bits per heavy atom. The average Bonchev–Trinajstić information content (AvgIpc) is 3.30. The van der Waals surface area contributed by atoms with Crippen molar-refractivity contribution in [1.82, 2.24) is 30.2 Å². The first-order valence-electron chi connectivity index (χ1n) is 11.1. The number of hydrogen-bond acceptors (Lipinski definition) is 6. The van der Waals surface area contributed by atoms with Crippen LogP contribution in [0.25, 0.3) is 11.3 Å². The van der Waals surface area contributed by atoms with Crippen LogP contribution in [0.15, 0.2) is 36.7 Å². The summed E-state index contributed by atoms with van der Waals surface area (Å²) in [4.78, 5) is 31.9. The van der Waals surface area contributed by atoms with Gasteiger partial charge in [0.2, 0.25) is 0 Å². The molecule has 168 valence electrons. The molecule has 0 radical (unpaired) electrons. The largest absolute Gasteiger partial charge is 0.497 e. The summed E-state index contributed by atoms with van der Waals surface area (Å²) in [6.07, 6.45) is 6.68. The van der Waals surface area contributed by atoms with Gasteiger partial charge in [-0.25, -0.2) is 15.0 Å². The van der Waals surface area contributed by atoms with Crippen molar-refractivity contribution in [3.63, 3.8) is 0 Å². The molecule has 1 saturated heterocycles. The van der Waals surface area contributed by atoms with Crippen LogP contribution in [0.1, 0.15) is 53.4 Å². The number of imidazole rings is 1. The van der Waals surface area contributed by atoms with Gasteiger partial charge >= 0.3 is 0 Å². The summed E-state index contributed by atoms with van der Waals surface area (Å²) in [5.74, 6) is 2.66. The van der Waals surface area contributed by atoms with E-state index in [1.54, 1.807) is 14.2 Å². The van der Waals surface area contributed by atoms with E-state index in [1.165, 1.54) is 0 Å². The van der Waals surface area contributed by atoms with E-state index in [2.05, 4.69) is 32.1 Å². The summed E-state index contributed by atoms with van der Waals surface area (Å²) in [7, 11) is 3.27. The maximum atomic E-state index is 12.5. The van der Waals surface area contributed by atoms with Crippen LogP contribution in [0, 0.1) is 0 Å². The highest BCUT2D eigenvalue weighted by molar-refractivity contribution is 5.98. The molecule has 1 aromatic carbocycles. The zero-order valence-electron chi connectivity index (χ0n) is 18.9. The molecule has 8 nitrogen and oxygen atoms in total. The third-order valence-electron chi connectivity index (χ3n) is 6.00. The summed E-state index contributed by atoms with van der Waals surface area (Å²) < 4.78 is 5.25. The molecule has 8 heteroatoms. The van der Waals surface area contributed by atoms with E-state index in [9.17, 15) is 4.79 Å². The van der Waals surface area contributed by atoms with Crippen LogP contribution >= 0.6 is 0 Å². The Balaban J connectivity index is 1.46. The monoisotopic (exact) mass is 434 g/mol. The van der Waals surface area contributed by atoms with E-state index in [1.807, 2.05) is 36.7 Å². The van der Waals surface area contributed by atoms with Crippen molar-refractivity contribution >= 4 is 5.91 Å². The summed E-state index contributed by atoms with van der Waals surface area (Å²) >= 11 is 0. The molecule has 0 spiro atoms. The molecule has 3 heterocycles. The van der Waals surface area contributed by atoms with Crippen molar-refractivity contribution in [1.29, 1.82) is 0 Å². The molecule has 1 fully saturated rings. The number of likely N-dealkylation sites (tertiary alicyclic amines) is 1. The fraction of sp³-hybridized carbons (Fsp3) is 0.417. The van der Waals surface area contributed by atoms with Crippen LogP contribution in [0.3, 0.4) is 0 Å². The predicted octanol–water partition coefficient (Wildman–Crippen LogP) is 3.18. The summed E-state index contributed by atoms with van der Waals surface area (Å²) in [5, 5.41) is 2.72. The Bertz CT molecular complexity index is 1040. The highest BCUT2D eigenvalue weighted by Crippen LogP contribution is 2.31. The van der Waals surface area contributed by atoms with E-state index in [0.717, 1.165) is 67.4 Å². The van der Waals surface area contributed by atoms with E-state index in [0.29, 0.717) is 17.3 Å². The Hall–Kier alpha value is -3.26. The first kappa shape index (κ1) is 22.0. The van der Waals surface area contributed by atoms with E-state index in [4.69, 9.17) is 9.72 Å². The first-order chi connectivity index (χ1) is 15.6. The predicted molar refractivity (Wildman–Crippen MR) is 123 cm³/mol. The van der Waals surface area contributed by atoms with Gasteiger partial charge in [0.15, 0.2) is 0 Å². The lowest BCUT2D eigenvalue weighted by molar-refractivity contribution is 0.0959. The second kappa shape index (κ2) is 9.91. The minimum Gasteiger partial charge on any atom is -0.497 e. The number of carbonyl (C=O) groups is 1. The number of aryl methyl sites for hydroxylation is 1. The van der Waals surface area contributed by atoms with Crippen molar-refractivity contribution in [2.75, 3.05) is 27.2 Å². The fourth-order valence-corrected chi connectivity index (χ4v) is 4.10. The number of piperidine rings is 1. The highest BCUT2D eigenvalue weighted by Gasteiger charge is 2.26. The van der Waals surface area contributed by atoms with Gasteiger partial charge in [0, 0.05) is 49.5 Å². The molecule has 0 atom stereocenters. The van der Waals surface area contributed by atoms with Gasteiger partial charge in [0.25, 0.3) is 5.91 Å². The summed E-state index contributed by atoms with van der Waals surface area (Å²) in [5.41, 5.74) is 3.21. The quantitative estimate of drug-likeness (QED) is 0.593. The summed E-state index contributed by atoms with van der Waals surface area (Å²) in [6.45, 7) is 4.85. The second-order valence-corrected chi connectivity index (χ2v) is 8.06. The number of methoxy groups -OCH3 is 1. The molecule has 1 amide bonds. The highest BCUT2D eigenvalue weighted by atomic mass is 16.5. The van der Waals surface area contributed by atoms with Gasteiger partial charge in [0.1, 0.15) is 28.8 Å². The van der Waals surface area contributed by atoms with Crippen LogP contribution in [0.2, 0.25) is 0 Å². The topological polar surface area (TPSA) is 96.0 Å². The Labute approximate surface area is 188 Å². The Kier molecular flexibility index (Phi) is 6.80. The third kappa shape index (κ3) is 4.80. The summed E-state index contributed by atoms with van der Waals surface area (Å²) in [6, 6.07) is 7.62. The molecule has 1 aliphatic heterocycles. The van der Waals surface area contributed by atoms with Crippen molar-refractivity contribution in [3.8, 4) is 17.0 Å². The average molecular weight is 435 g/mol. The standard InChI is InChI=1S/C24H30N6O2/c1-4-20-26-13-16(14-27-20)15-30-11-9-18(10-12-30)23-28-21(22(29-23)24(31)25-2)17-5-7-19(32-3)8-6-17/h5-8,13-14,18H,4,9-12,15H2,1-3H3,(H,25,31)(H,28,29). The van der Waals surface area contributed by atoms with Crippen LogP contribution in [0.4, 0.5) is 0 Å². The molecule has 0 saturated carbocycles. The van der Waals surface area contributed by atoms with Crippen molar-refractivity contribution < 1.29 is 9.53 Å². The van der Waals surface area contributed by atoms with Gasteiger partial charge in [-0.3, -0.25) is 9.69 Å². The molecule has 3 aromatic rings. The van der Waals surface area contributed by atoms with E-state index < -0.39 is 0 Å². The first-order valence-corrected chi connectivity index (χ1v) is 11.1. The number of carbonyl (C=O) groups excluding carboxylic acids is 1. The zero-order valence-corrected chi connectivity index (χ0v) is 18.9. The second-order valence-electron chi connectivity index (χ2n) is 8.06. The number of nitrogens with zero attached hydrogens (tertiary/aromatic N) is 4. The van der Waals surface area contributed by atoms with Crippen molar-refractivity contribution in [2.24, 2.45) is 0 Å². The van der Waals surface area contributed by atoms with Gasteiger partial charge in [-0.1, -0.05) is 6.92 Å². The normalized spacial score (nSPS) is 15.0. The van der Waals surface area contributed by atoms with Crippen LogP contribution in [0.5, 0.6) is 5.75 Å². The van der Waals surface area contributed by atoms with Crippen LogP contribution in [-0.2, 0) is 13.0 Å². The SMILES string of the molecule is CCc1ncc(CN2CCC(c3nc(-c4ccc(OC)cc4)c(C(=O)NC)[nH]3)CC2)cn1. The van der Waals surface area contributed by atoms with Gasteiger partial charge in [-0.15, -0.1) is 0 Å². The molecule has 1 aliphatic rings. The molecular formula is C24H30N6O2. The molecule has 32 heavy (non-hydrogen) atoms. The van der Waals surface area contributed by atoms with Gasteiger partial charge < -0.3 is 15.0 Å². The minimum atomic E-state index is -0.164. The van der Waals surface area contributed by atoms with Crippen molar-refractivity contribution in [2.45, 2.75) is 38.6 Å². The smallest absolute Gasteiger partial charge is 0.269 e. The number of aromatic amines is 1. The maximum Gasteiger partial charge on any atom is 0.269 e. The lowest BCUT2D eigenvalue weighted by Crippen LogP contribution is -2.32. The fourth-order valence-electron chi connectivity index (χ4n) is 4.10. The number of ether oxygens (including phenoxy) is 1. The number of rotatable bonds is 7. The zero-order chi connectivity index (χ0) is 22.5. The number of hydrogen-bond donors (Lipinski definition) is 2.